The van der Waals surface area contributed by atoms with Crippen molar-refractivity contribution in [2.24, 2.45) is 5.73 Å². The molecule has 218 valence electrons. The van der Waals surface area contributed by atoms with Crippen LogP contribution in [0.2, 0.25) is 0 Å². The number of fused-ring (bicyclic) bond motifs is 1. The molecule has 4 aromatic rings. The van der Waals surface area contributed by atoms with Gasteiger partial charge in [-0.2, -0.15) is 4.98 Å². The van der Waals surface area contributed by atoms with E-state index >= 15 is 0 Å². The lowest BCUT2D eigenvalue weighted by Gasteiger charge is -2.22. The first-order chi connectivity index (χ1) is 20.0. The van der Waals surface area contributed by atoms with Crippen LogP contribution in [0.1, 0.15) is 47.5 Å². The van der Waals surface area contributed by atoms with Gasteiger partial charge in [-0.15, -0.1) is 0 Å². The average molecular weight is 569 g/mol. The van der Waals surface area contributed by atoms with Gasteiger partial charge < -0.3 is 25.8 Å². The van der Waals surface area contributed by atoms with Crippen molar-refractivity contribution < 1.29 is 18.9 Å². The van der Waals surface area contributed by atoms with Crippen molar-refractivity contribution in [2.45, 2.75) is 44.3 Å². The van der Waals surface area contributed by atoms with E-state index in [-0.39, 0.29) is 18.1 Å². The zero-order chi connectivity index (χ0) is 30.3. The lowest BCUT2D eigenvalue weighted by Crippen LogP contribution is -2.49. The first-order valence-electron chi connectivity index (χ1n) is 13.6. The molecule has 0 spiro atoms. The molecule has 2 unspecified atom stereocenters. The van der Waals surface area contributed by atoms with E-state index in [2.05, 4.69) is 20.8 Å². The third-order valence-corrected chi connectivity index (χ3v) is 6.49. The quantitative estimate of drug-likeness (QED) is 0.236. The molecule has 1 aromatic heterocycles. The predicted molar refractivity (Wildman–Crippen MR) is 160 cm³/mol. The monoisotopic (exact) mass is 568 g/mol. The number of hydrogen-bond acceptors (Lipinski definition) is 7. The number of carbonyl (C=O) groups is 3. The van der Waals surface area contributed by atoms with Gasteiger partial charge in [0.15, 0.2) is 0 Å². The van der Waals surface area contributed by atoms with Crippen molar-refractivity contribution in [3.05, 3.63) is 108 Å². The fourth-order valence-corrected chi connectivity index (χ4v) is 4.31. The number of nitrogens with two attached hydrogens (primary N) is 1. The molecule has 0 fully saturated rings. The van der Waals surface area contributed by atoms with Crippen LogP contribution in [-0.4, -0.2) is 58.4 Å². The van der Waals surface area contributed by atoms with E-state index in [1.54, 1.807) is 34.0 Å². The lowest BCUT2D eigenvalue weighted by molar-refractivity contribution is -0.127. The minimum Gasteiger partial charge on any atom is -0.342 e. The molecule has 0 aliphatic heterocycles. The van der Waals surface area contributed by atoms with Crippen molar-refractivity contribution in [1.29, 1.82) is 0 Å². The SMILES string of the molecule is CN(C)C(=O)c1noc(C(Cc2ccccc2)NC(=O)C(Cc2ccc3ccccc3c2)NC(=O)/C=C/C(C)(C)N)n1. The number of aromatic nitrogens is 2. The van der Waals surface area contributed by atoms with Gasteiger partial charge in [0.1, 0.15) is 12.1 Å². The summed E-state index contributed by atoms with van der Waals surface area (Å²) in [5, 5.41) is 11.7. The lowest BCUT2D eigenvalue weighted by atomic mass is 10.00. The van der Waals surface area contributed by atoms with Crippen LogP contribution in [0, 0.1) is 0 Å². The van der Waals surface area contributed by atoms with Crippen molar-refractivity contribution in [1.82, 2.24) is 25.7 Å². The number of rotatable bonds is 11. The Morgan fingerprint density at radius 3 is 2.31 bits per heavy atom. The molecule has 10 heteroatoms. The topological polar surface area (TPSA) is 143 Å². The number of carbonyl (C=O) groups excluding carboxylic acids is 3. The Morgan fingerprint density at radius 2 is 1.62 bits per heavy atom. The van der Waals surface area contributed by atoms with E-state index in [1.165, 1.54) is 11.0 Å². The van der Waals surface area contributed by atoms with Gasteiger partial charge >= 0.3 is 0 Å². The van der Waals surface area contributed by atoms with Crippen LogP contribution in [0.5, 0.6) is 0 Å². The summed E-state index contributed by atoms with van der Waals surface area (Å²) < 4.78 is 5.44. The Labute approximate surface area is 245 Å². The van der Waals surface area contributed by atoms with Crippen LogP contribution in [0.4, 0.5) is 0 Å². The van der Waals surface area contributed by atoms with Crippen LogP contribution in [0.25, 0.3) is 10.8 Å². The second-order valence-electron chi connectivity index (χ2n) is 11.0. The van der Waals surface area contributed by atoms with Crippen molar-refractivity contribution in [2.75, 3.05) is 14.1 Å². The van der Waals surface area contributed by atoms with Crippen LogP contribution in [0.3, 0.4) is 0 Å². The van der Waals surface area contributed by atoms with Gasteiger partial charge in [0, 0.05) is 38.6 Å². The highest BCUT2D eigenvalue weighted by molar-refractivity contribution is 5.93. The van der Waals surface area contributed by atoms with Gasteiger partial charge in [0.05, 0.1) is 0 Å². The zero-order valence-electron chi connectivity index (χ0n) is 24.2. The van der Waals surface area contributed by atoms with Gasteiger partial charge in [0.2, 0.25) is 17.7 Å². The second-order valence-corrected chi connectivity index (χ2v) is 11.0. The first kappa shape index (κ1) is 30.1. The first-order valence-corrected chi connectivity index (χ1v) is 13.6. The number of nitrogens with zero attached hydrogens (tertiary/aromatic N) is 3. The molecule has 3 aromatic carbocycles. The minimum atomic E-state index is -0.937. The number of amides is 3. The fraction of sp³-hybridized carbons (Fsp3) is 0.281. The molecule has 2 atom stereocenters. The van der Waals surface area contributed by atoms with E-state index in [0.717, 1.165) is 21.9 Å². The van der Waals surface area contributed by atoms with Gasteiger partial charge in [-0.25, -0.2) is 0 Å². The maximum Gasteiger partial charge on any atom is 0.294 e. The Kier molecular flexibility index (Phi) is 9.49. The fourth-order valence-electron chi connectivity index (χ4n) is 4.31. The number of benzene rings is 3. The molecule has 0 radical (unpaired) electrons. The molecule has 42 heavy (non-hydrogen) atoms. The Hall–Kier alpha value is -4.83. The molecule has 10 nitrogen and oxygen atoms in total. The Bertz CT molecular complexity index is 1570. The molecule has 0 aliphatic rings. The summed E-state index contributed by atoms with van der Waals surface area (Å²) in [5.41, 5.74) is 7.08. The molecular weight excluding hydrogens is 532 g/mol. The normalized spacial score (nSPS) is 13.1. The summed E-state index contributed by atoms with van der Waals surface area (Å²) in [6.45, 7) is 3.54. The van der Waals surface area contributed by atoms with Crippen LogP contribution >= 0.6 is 0 Å². The van der Waals surface area contributed by atoms with Crippen LogP contribution < -0.4 is 16.4 Å². The second kappa shape index (κ2) is 13.2. The summed E-state index contributed by atoms with van der Waals surface area (Å²) in [6, 6.07) is 21.6. The molecule has 3 amide bonds. The van der Waals surface area contributed by atoms with Crippen LogP contribution in [0.15, 0.2) is 89.5 Å². The third kappa shape index (κ3) is 8.34. The largest absolute Gasteiger partial charge is 0.342 e. The van der Waals surface area contributed by atoms with Crippen LogP contribution in [-0.2, 0) is 22.4 Å². The molecule has 1 heterocycles. The van der Waals surface area contributed by atoms with Gasteiger partial charge in [-0.1, -0.05) is 84.0 Å². The van der Waals surface area contributed by atoms with Crippen molar-refractivity contribution >= 4 is 28.5 Å². The smallest absolute Gasteiger partial charge is 0.294 e. The van der Waals surface area contributed by atoms with Crippen molar-refractivity contribution in [3.63, 3.8) is 0 Å². The van der Waals surface area contributed by atoms with E-state index in [4.69, 9.17) is 10.3 Å². The zero-order valence-corrected chi connectivity index (χ0v) is 24.2. The molecule has 0 bridgehead atoms. The highest BCUT2D eigenvalue weighted by Gasteiger charge is 2.28. The molecular formula is C32H36N6O4. The number of nitrogens with one attached hydrogen (secondary N) is 2. The molecule has 0 aliphatic carbocycles. The summed E-state index contributed by atoms with van der Waals surface area (Å²) in [7, 11) is 3.17. The van der Waals surface area contributed by atoms with Crippen molar-refractivity contribution in [3.8, 4) is 0 Å². The summed E-state index contributed by atoms with van der Waals surface area (Å²) in [4.78, 5) is 44.7. The summed E-state index contributed by atoms with van der Waals surface area (Å²) >= 11 is 0. The van der Waals surface area contributed by atoms with E-state index in [9.17, 15) is 14.4 Å². The average Bonchev–Trinajstić information content (AvgIpc) is 3.45. The summed E-state index contributed by atoms with van der Waals surface area (Å²) in [5.74, 6) is -1.36. The van der Waals surface area contributed by atoms with E-state index in [0.29, 0.717) is 6.42 Å². The molecule has 0 saturated carbocycles. The summed E-state index contributed by atoms with van der Waals surface area (Å²) in [6.07, 6.45) is 3.46. The Balaban J connectivity index is 1.63. The minimum absolute atomic E-state index is 0.0814. The predicted octanol–water partition coefficient (Wildman–Crippen LogP) is 3.35. The maximum atomic E-state index is 13.8. The highest BCUT2D eigenvalue weighted by atomic mass is 16.5. The van der Waals surface area contributed by atoms with E-state index in [1.807, 2.05) is 72.8 Å². The standard InChI is InChI=1S/C32H36N6O4/c1-32(2,33)17-16-27(39)34-25(20-22-14-15-23-12-8-9-13-24(23)18-22)29(40)35-26(19-21-10-6-5-7-11-21)30-36-28(37-42-30)31(41)38(3)4/h5-18,25-26H,19-20,33H2,1-4H3,(H,34,39)(H,35,40)/b17-16+. The molecule has 4 rings (SSSR count). The van der Waals surface area contributed by atoms with E-state index < -0.39 is 35.3 Å². The Morgan fingerprint density at radius 1 is 0.929 bits per heavy atom. The number of hydrogen-bond donors (Lipinski definition) is 3. The molecule has 4 N–H and O–H groups in total. The van der Waals surface area contributed by atoms with Gasteiger partial charge in [0.25, 0.3) is 11.7 Å². The highest BCUT2D eigenvalue weighted by Crippen LogP contribution is 2.20. The van der Waals surface area contributed by atoms with Gasteiger partial charge in [-0.05, 0) is 35.7 Å². The third-order valence-electron chi connectivity index (χ3n) is 6.49. The van der Waals surface area contributed by atoms with Gasteiger partial charge in [-0.3, -0.25) is 14.4 Å². The molecule has 0 saturated heterocycles. The maximum absolute atomic E-state index is 13.8.